The number of hydrogen-bond acceptors (Lipinski definition) is 4. The summed E-state index contributed by atoms with van der Waals surface area (Å²) in [6.07, 6.45) is 0. The van der Waals surface area contributed by atoms with Gasteiger partial charge >= 0.3 is 0 Å². The Labute approximate surface area is 89.6 Å². The third-order valence-electron chi connectivity index (χ3n) is 2.25. The van der Waals surface area contributed by atoms with Crippen LogP contribution >= 0.6 is 0 Å². The fraction of sp³-hybridized carbons (Fsp3) is 0.364. The van der Waals surface area contributed by atoms with Crippen molar-refractivity contribution in [3.05, 3.63) is 29.8 Å². The minimum Gasteiger partial charge on any atom is -0.494 e. The van der Waals surface area contributed by atoms with Gasteiger partial charge in [-0.3, -0.25) is 5.84 Å². The Balaban J connectivity index is 2.93. The number of benzene rings is 1. The van der Waals surface area contributed by atoms with Crippen molar-refractivity contribution in [2.24, 2.45) is 5.84 Å². The third-order valence-corrected chi connectivity index (χ3v) is 2.25. The Kier molecular flexibility index (Phi) is 3.67. The van der Waals surface area contributed by atoms with E-state index in [0.29, 0.717) is 6.61 Å². The molecular weight excluding hydrogens is 190 g/mol. The maximum atomic E-state index is 8.99. The summed E-state index contributed by atoms with van der Waals surface area (Å²) in [6.45, 7) is 4.28. The molecule has 0 heterocycles. The Morgan fingerprint density at radius 1 is 1.47 bits per heavy atom. The van der Waals surface area contributed by atoms with E-state index in [4.69, 9.17) is 15.8 Å². The van der Waals surface area contributed by atoms with Crippen molar-refractivity contribution < 1.29 is 4.74 Å². The quantitative estimate of drug-likeness (QED) is 0.574. The lowest BCUT2D eigenvalue weighted by Crippen LogP contribution is -2.42. The highest BCUT2D eigenvalue weighted by Crippen LogP contribution is 2.21. The van der Waals surface area contributed by atoms with E-state index < -0.39 is 5.54 Å². The van der Waals surface area contributed by atoms with E-state index in [1.165, 1.54) is 0 Å². The Hall–Kier alpha value is -1.57. The first-order valence-electron chi connectivity index (χ1n) is 4.78. The van der Waals surface area contributed by atoms with Crippen LogP contribution in [0.5, 0.6) is 5.75 Å². The van der Waals surface area contributed by atoms with Gasteiger partial charge in [0.05, 0.1) is 12.7 Å². The van der Waals surface area contributed by atoms with E-state index in [9.17, 15) is 0 Å². The molecule has 4 nitrogen and oxygen atoms in total. The predicted octanol–water partition coefficient (Wildman–Crippen LogP) is 1.29. The molecule has 0 radical (unpaired) electrons. The summed E-state index contributed by atoms with van der Waals surface area (Å²) in [5, 5.41) is 8.99. The average Bonchev–Trinajstić information content (AvgIpc) is 2.29. The first-order chi connectivity index (χ1) is 7.16. The number of hydrogen-bond donors (Lipinski definition) is 2. The summed E-state index contributed by atoms with van der Waals surface area (Å²) >= 11 is 0. The molecule has 0 spiro atoms. The molecule has 1 unspecified atom stereocenters. The largest absolute Gasteiger partial charge is 0.494 e. The Morgan fingerprint density at radius 3 is 2.47 bits per heavy atom. The molecule has 4 heteroatoms. The zero-order valence-electron chi connectivity index (χ0n) is 8.95. The molecule has 80 valence electrons. The lowest BCUT2D eigenvalue weighted by Gasteiger charge is -2.20. The van der Waals surface area contributed by atoms with Gasteiger partial charge < -0.3 is 4.74 Å². The topological polar surface area (TPSA) is 71.1 Å². The smallest absolute Gasteiger partial charge is 0.141 e. The van der Waals surface area contributed by atoms with Crippen molar-refractivity contribution in [2.45, 2.75) is 19.4 Å². The van der Waals surface area contributed by atoms with E-state index in [1.54, 1.807) is 6.92 Å². The monoisotopic (exact) mass is 205 g/mol. The minimum absolute atomic E-state index is 0.629. The first-order valence-corrected chi connectivity index (χ1v) is 4.78. The molecular formula is C11H15N3O. The highest BCUT2D eigenvalue weighted by atomic mass is 16.5. The van der Waals surface area contributed by atoms with Crippen LogP contribution in [0, 0.1) is 11.3 Å². The van der Waals surface area contributed by atoms with Crippen LogP contribution in [0.2, 0.25) is 0 Å². The molecule has 0 amide bonds. The molecule has 0 aliphatic carbocycles. The van der Waals surface area contributed by atoms with Gasteiger partial charge in [0.25, 0.3) is 0 Å². The average molecular weight is 205 g/mol. The molecule has 1 atom stereocenters. The highest BCUT2D eigenvalue weighted by molar-refractivity contribution is 5.35. The molecule has 0 fully saturated rings. The Morgan fingerprint density at radius 2 is 2.07 bits per heavy atom. The predicted molar refractivity (Wildman–Crippen MR) is 57.9 cm³/mol. The number of hydrazine groups is 1. The van der Waals surface area contributed by atoms with Gasteiger partial charge in [-0.05, 0) is 31.5 Å². The Bertz CT molecular complexity index is 355. The number of nitrogens with two attached hydrogens (primary N) is 1. The van der Waals surface area contributed by atoms with E-state index in [-0.39, 0.29) is 0 Å². The molecule has 1 aromatic carbocycles. The molecule has 0 aliphatic heterocycles. The second kappa shape index (κ2) is 4.78. The van der Waals surface area contributed by atoms with Gasteiger partial charge in [-0.15, -0.1) is 0 Å². The van der Waals surface area contributed by atoms with Crippen LogP contribution < -0.4 is 16.0 Å². The van der Waals surface area contributed by atoms with Crippen LogP contribution in [-0.4, -0.2) is 6.61 Å². The van der Waals surface area contributed by atoms with Gasteiger partial charge in [0.2, 0.25) is 0 Å². The summed E-state index contributed by atoms with van der Waals surface area (Å²) in [5.74, 6) is 6.13. The standard InChI is InChI=1S/C11H15N3O/c1-3-15-10-6-4-9(5-7-10)11(2,8-12)14-13/h4-7,14H,3,13H2,1-2H3. The molecule has 3 N–H and O–H groups in total. The molecule has 0 aliphatic rings. The van der Waals surface area contributed by atoms with Crippen LogP contribution in [0.15, 0.2) is 24.3 Å². The van der Waals surface area contributed by atoms with E-state index in [2.05, 4.69) is 11.5 Å². The number of rotatable bonds is 4. The molecule has 0 saturated carbocycles. The number of nitriles is 1. The number of nitrogens with zero attached hydrogens (tertiary/aromatic N) is 1. The van der Waals surface area contributed by atoms with Crippen LogP contribution in [0.25, 0.3) is 0 Å². The van der Waals surface area contributed by atoms with Crippen LogP contribution in [-0.2, 0) is 5.54 Å². The zero-order chi connectivity index (χ0) is 11.3. The second-order valence-electron chi connectivity index (χ2n) is 3.34. The maximum Gasteiger partial charge on any atom is 0.141 e. The van der Waals surface area contributed by atoms with Crippen LogP contribution in [0.4, 0.5) is 0 Å². The van der Waals surface area contributed by atoms with Crippen molar-refractivity contribution in [1.82, 2.24) is 5.43 Å². The first kappa shape index (κ1) is 11.5. The maximum absolute atomic E-state index is 8.99. The normalized spacial score (nSPS) is 14.0. The van der Waals surface area contributed by atoms with Gasteiger partial charge in [-0.2, -0.15) is 5.26 Å². The molecule has 0 aromatic heterocycles. The van der Waals surface area contributed by atoms with E-state index in [0.717, 1.165) is 11.3 Å². The number of nitrogens with one attached hydrogen (secondary N) is 1. The zero-order valence-corrected chi connectivity index (χ0v) is 8.95. The van der Waals surface area contributed by atoms with Gasteiger partial charge in [-0.1, -0.05) is 12.1 Å². The van der Waals surface area contributed by atoms with Gasteiger partial charge in [0.1, 0.15) is 11.3 Å². The van der Waals surface area contributed by atoms with Gasteiger partial charge in [-0.25, -0.2) is 5.43 Å². The summed E-state index contributed by atoms with van der Waals surface area (Å²) < 4.78 is 5.31. The van der Waals surface area contributed by atoms with Crippen molar-refractivity contribution in [2.75, 3.05) is 6.61 Å². The lowest BCUT2D eigenvalue weighted by atomic mass is 9.94. The molecule has 0 bridgehead atoms. The second-order valence-corrected chi connectivity index (χ2v) is 3.34. The van der Waals surface area contributed by atoms with Crippen molar-refractivity contribution in [1.29, 1.82) is 5.26 Å². The minimum atomic E-state index is -0.856. The third kappa shape index (κ3) is 2.46. The van der Waals surface area contributed by atoms with Gasteiger partial charge in [0.15, 0.2) is 0 Å². The number of ether oxygens (including phenoxy) is 1. The van der Waals surface area contributed by atoms with E-state index in [1.807, 2.05) is 31.2 Å². The summed E-state index contributed by atoms with van der Waals surface area (Å²) in [7, 11) is 0. The van der Waals surface area contributed by atoms with Crippen molar-refractivity contribution in [3.8, 4) is 11.8 Å². The van der Waals surface area contributed by atoms with Crippen LogP contribution in [0.3, 0.4) is 0 Å². The van der Waals surface area contributed by atoms with Crippen molar-refractivity contribution >= 4 is 0 Å². The van der Waals surface area contributed by atoms with Crippen LogP contribution in [0.1, 0.15) is 19.4 Å². The van der Waals surface area contributed by atoms with Crippen molar-refractivity contribution in [3.63, 3.8) is 0 Å². The molecule has 15 heavy (non-hydrogen) atoms. The van der Waals surface area contributed by atoms with Gasteiger partial charge in [0, 0.05) is 0 Å². The summed E-state index contributed by atoms with van der Waals surface area (Å²) in [4.78, 5) is 0. The molecule has 0 saturated heterocycles. The lowest BCUT2D eigenvalue weighted by molar-refractivity contribution is 0.340. The summed E-state index contributed by atoms with van der Waals surface area (Å²) in [6, 6.07) is 9.42. The SMILES string of the molecule is CCOc1ccc(C(C)(C#N)NN)cc1. The van der Waals surface area contributed by atoms with E-state index >= 15 is 0 Å². The summed E-state index contributed by atoms with van der Waals surface area (Å²) in [5.41, 5.74) is 2.45. The molecule has 1 rings (SSSR count). The highest BCUT2D eigenvalue weighted by Gasteiger charge is 2.24. The molecule has 1 aromatic rings. The fourth-order valence-electron chi connectivity index (χ4n) is 1.23. The fourth-order valence-corrected chi connectivity index (χ4v) is 1.23.